The Morgan fingerprint density at radius 2 is 2.17 bits per heavy atom. The van der Waals surface area contributed by atoms with E-state index >= 15 is 0 Å². The lowest BCUT2D eigenvalue weighted by Gasteiger charge is -2.17. The van der Waals surface area contributed by atoms with Crippen LogP contribution < -0.4 is 10.4 Å². The molecule has 0 bridgehead atoms. The van der Waals surface area contributed by atoms with Crippen molar-refractivity contribution in [1.29, 1.82) is 0 Å². The largest absolute Gasteiger partial charge is 0.488 e. The molecule has 5 nitrogen and oxygen atoms in total. The van der Waals surface area contributed by atoms with E-state index in [1.807, 2.05) is 18.2 Å². The molecule has 126 valence electrons. The molecule has 3 rings (SSSR count). The van der Waals surface area contributed by atoms with E-state index in [0.717, 1.165) is 12.0 Å². The molecule has 1 fully saturated rings. The van der Waals surface area contributed by atoms with Gasteiger partial charge in [-0.1, -0.05) is 29.8 Å². The first kappa shape index (κ1) is 16.6. The number of rotatable bonds is 4. The van der Waals surface area contributed by atoms with Gasteiger partial charge < -0.3 is 14.1 Å². The van der Waals surface area contributed by atoms with E-state index in [0.29, 0.717) is 29.6 Å². The molecule has 0 radical (unpaired) electrons. The van der Waals surface area contributed by atoms with E-state index in [9.17, 15) is 9.59 Å². The number of ether oxygens (including phenoxy) is 1. The zero-order valence-electron chi connectivity index (χ0n) is 13.3. The summed E-state index contributed by atoms with van der Waals surface area (Å²) in [5, 5.41) is 0.601. The highest BCUT2D eigenvalue weighted by Gasteiger charge is 2.28. The van der Waals surface area contributed by atoms with Crippen molar-refractivity contribution in [3.63, 3.8) is 0 Å². The lowest BCUT2D eigenvalue weighted by molar-refractivity contribution is -0.129. The van der Waals surface area contributed by atoms with Gasteiger partial charge in [0.15, 0.2) is 0 Å². The Labute approximate surface area is 144 Å². The molecule has 0 aliphatic carbocycles. The third-order valence-electron chi connectivity index (χ3n) is 3.97. The fraction of sp³-hybridized carbons (Fsp3) is 0.333. The van der Waals surface area contributed by atoms with Crippen LogP contribution in [0.4, 0.5) is 0 Å². The van der Waals surface area contributed by atoms with Gasteiger partial charge in [0.25, 0.3) is 0 Å². The normalized spacial score (nSPS) is 17.1. The molecule has 6 heteroatoms. The van der Waals surface area contributed by atoms with Crippen LogP contribution in [0.25, 0.3) is 0 Å². The second kappa shape index (κ2) is 7.09. The maximum atomic E-state index is 12.4. The number of hydrogen-bond acceptors (Lipinski definition) is 4. The average Bonchev–Trinajstić information content (AvgIpc) is 2.97. The summed E-state index contributed by atoms with van der Waals surface area (Å²) >= 11 is 6.11. The number of likely N-dealkylation sites (tertiary alicyclic amines) is 1. The number of amides is 1. The summed E-state index contributed by atoms with van der Waals surface area (Å²) in [5.74, 6) is 1.01. The van der Waals surface area contributed by atoms with Crippen molar-refractivity contribution in [2.45, 2.75) is 25.9 Å². The van der Waals surface area contributed by atoms with Crippen molar-refractivity contribution >= 4 is 17.5 Å². The lowest BCUT2D eigenvalue weighted by Crippen LogP contribution is -2.32. The number of nitrogens with zero attached hydrogens (tertiary/aromatic N) is 1. The second-order valence-corrected chi connectivity index (χ2v) is 6.27. The first-order valence-corrected chi connectivity index (χ1v) is 8.18. The molecule has 1 saturated heterocycles. The summed E-state index contributed by atoms with van der Waals surface area (Å²) in [5.41, 5.74) is 0.388. The number of carbonyl (C=O) groups excluding carboxylic acids is 1. The van der Waals surface area contributed by atoms with E-state index in [1.54, 1.807) is 24.0 Å². The number of benzene rings is 1. The minimum atomic E-state index is -0.436. The highest BCUT2D eigenvalue weighted by Crippen LogP contribution is 2.21. The van der Waals surface area contributed by atoms with Crippen molar-refractivity contribution in [2.75, 3.05) is 13.1 Å². The van der Waals surface area contributed by atoms with E-state index in [4.69, 9.17) is 20.8 Å². The van der Waals surface area contributed by atoms with Crippen molar-refractivity contribution in [1.82, 2.24) is 4.90 Å². The summed E-state index contributed by atoms with van der Waals surface area (Å²) in [6.45, 7) is 2.83. The van der Waals surface area contributed by atoms with Crippen LogP contribution in [-0.4, -0.2) is 30.0 Å². The number of halogens is 1. The van der Waals surface area contributed by atoms with Gasteiger partial charge in [-0.2, -0.15) is 0 Å². The zero-order chi connectivity index (χ0) is 17.1. The monoisotopic (exact) mass is 347 g/mol. The van der Waals surface area contributed by atoms with Gasteiger partial charge in [0, 0.05) is 24.1 Å². The predicted octanol–water partition coefficient (Wildman–Crippen LogP) is 2.82. The molecule has 24 heavy (non-hydrogen) atoms. The minimum Gasteiger partial charge on any atom is -0.488 e. The van der Waals surface area contributed by atoms with Crippen LogP contribution in [0.5, 0.6) is 5.75 Å². The minimum absolute atomic E-state index is 0.0259. The molecular formula is C18H18ClNO4. The van der Waals surface area contributed by atoms with Crippen LogP contribution in [0.1, 0.15) is 17.7 Å². The Hall–Kier alpha value is -2.27. The van der Waals surface area contributed by atoms with Gasteiger partial charge in [0.2, 0.25) is 5.91 Å². The van der Waals surface area contributed by atoms with Gasteiger partial charge in [0.05, 0.1) is 19.0 Å². The van der Waals surface area contributed by atoms with Crippen LogP contribution in [0.2, 0.25) is 5.02 Å². The summed E-state index contributed by atoms with van der Waals surface area (Å²) in [6.07, 6.45) is 0.884. The van der Waals surface area contributed by atoms with E-state index in [1.165, 1.54) is 6.07 Å². The summed E-state index contributed by atoms with van der Waals surface area (Å²) in [4.78, 5) is 25.6. The van der Waals surface area contributed by atoms with Crippen LogP contribution >= 0.6 is 11.6 Å². The third kappa shape index (κ3) is 3.97. The van der Waals surface area contributed by atoms with Crippen LogP contribution in [-0.2, 0) is 11.2 Å². The molecule has 2 aromatic rings. The lowest BCUT2D eigenvalue weighted by atomic mass is 10.1. The smallest absolute Gasteiger partial charge is 0.339 e. The molecule has 1 aromatic carbocycles. The second-order valence-electron chi connectivity index (χ2n) is 5.86. The number of hydrogen-bond donors (Lipinski definition) is 0. The number of carbonyl (C=O) groups is 1. The highest BCUT2D eigenvalue weighted by molar-refractivity contribution is 6.31. The highest BCUT2D eigenvalue weighted by atomic mass is 35.5. The van der Waals surface area contributed by atoms with Gasteiger partial charge >= 0.3 is 5.63 Å². The van der Waals surface area contributed by atoms with Gasteiger partial charge in [0.1, 0.15) is 17.6 Å². The Kier molecular flexibility index (Phi) is 4.90. The van der Waals surface area contributed by atoms with Gasteiger partial charge in [-0.05, 0) is 18.6 Å². The molecule has 0 spiro atoms. The van der Waals surface area contributed by atoms with Gasteiger partial charge in [-0.3, -0.25) is 4.79 Å². The fourth-order valence-corrected chi connectivity index (χ4v) is 3.01. The molecule has 1 amide bonds. The van der Waals surface area contributed by atoms with Gasteiger partial charge in [-0.25, -0.2) is 4.79 Å². The van der Waals surface area contributed by atoms with Crippen molar-refractivity contribution in [3.05, 3.63) is 63.2 Å². The Balaban J connectivity index is 1.59. The SMILES string of the molecule is Cc1cc(O[C@@H]2CCN(C(=O)Cc3ccccc3Cl)C2)cc(=O)o1. The van der Waals surface area contributed by atoms with Crippen molar-refractivity contribution < 1.29 is 13.9 Å². The maximum absolute atomic E-state index is 12.4. The molecule has 1 aromatic heterocycles. The molecule has 1 aliphatic heterocycles. The van der Waals surface area contributed by atoms with E-state index < -0.39 is 5.63 Å². The first-order chi connectivity index (χ1) is 11.5. The zero-order valence-corrected chi connectivity index (χ0v) is 14.1. The Morgan fingerprint density at radius 3 is 2.92 bits per heavy atom. The Morgan fingerprint density at radius 1 is 1.38 bits per heavy atom. The van der Waals surface area contributed by atoms with Crippen molar-refractivity contribution in [3.8, 4) is 5.75 Å². The van der Waals surface area contributed by atoms with E-state index in [2.05, 4.69) is 0 Å². The van der Waals surface area contributed by atoms with E-state index in [-0.39, 0.29) is 18.4 Å². The summed E-state index contributed by atoms with van der Waals surface area (Å²) < 4.78 is 10.7. The molecule has 2 heterocycles. The molecule has 1 atom stereocenters. The van der Waals surface area contributed by atoms with Crippen LogP contribution in [0, 0.1) is 6.92 Å². The first-order valence-electron chi connectivity index (χ1n) is 7.81. The van der Waals surface area contributed by atoms with Crippen LogP contribution in [0.3, 0.4) is 0 Å². The van der Waals surface area contributed by atoms with Crippen LogP contribution in [0.15, 0.2) is 45.6 Å². The summed E-state index contributed by atoms with van der Waals surface area (Å²) in [6, 6.07) is 10.3. The predicted molar refractivity (Wildman–Crippen MR) is 90.5 cm³/mol. The maximum Gasteiger partial charge on any atom is 0.339 e. The van der Waals surface area contributed by atoms with Crippen molar-refractivity contribution in [2.24, 2.45) is 0 Å². The Bertz CT molecular complexity index is 802. The topological polar surface area (TPSA) is 59.8 Å². The van der Waals surface area contributed by atoms with Gasteiger partial charge in [-0.15, -0.1) is 0 Å². The third-order valence-corrected chi connectivity index (χ3v) is 4.34. The molecule has 0 unspecified atom stereocenters. The fourth-order valence-electron chi connectivity index (χ4n) is 2.80. The molecule has 0 N–H and O–H groups in total. The average molecular weight is 348 g/mol. The number of aryl methyl sites for hydroxylation is 1. The summed E-state index contributed by atoms with van der Waals surface area (Å²) in [7, 11) is 0. The molecule has 1 aliphatic rings. The molecule has 0 saturated carbocycles. The standard InChI is InChI=1S/C18H18ClNO4/c1-12-8-15(10-18(22)23-12)24-14-6-7-20(11-14)17(21)9-13-4-2-3-5-16(13)19/h2-5,8,10,14H,6-7,9,11H2,1H3/t14-/m1/s1. The molecular weight excluding hydrogens is 330 g/mol. The quantitative estimate of drug-likeness (QED) is 0.853.